The summed E-state index contributed by atoms with van der Waals surface area (Å²) in [6.07, 6.45) is 4.11. The van der Waals surface area contributed by atoms with Crippen LogP contribution < -0.4 is 5.32 Å². The molecule has 1 N–H and O–H groups in total. The molecule has 0 bridgehead atoms. The third kappa shape index (κ3) is 2.65. The van der Waals surface area contributed by atoms with Gasteiger partial charge in [0.1, 0.15) is 5.82 Å². The van der Waals surface area contributed by atoms with Crippen molar-refractivity contribution in [3.05, 3.63) is 18.1 Å². The van der Waals surface area contributed by atoms with Gasteiger partial charge < -0.3 is 10.1 Å². The molecule has 2 rings (SSSR count). The lowest BCUT2D eigenvalue weighted by molar-refractivity contribution is 0.0587. The third-order valence-corrected chi connectivity index (χ3v) is 2.29. The number of aromatic nitrogens is 2. The number of hydrogen-bond acceptors (Lipinski definition) is 5. The molecular formula is C10H13N3O2. The monoisotopic (exact) mass is 207 g/mol. The van der Waals surface area contributed by atoms with Gasteiger partial charge in [-0.1, -0.05) is 0 Å². The van der Waals surface area contributed by atoms with E-state index >= 15 is 0 Å². The number of nitrogens with one attached hydrogen (secondary N) is 1. The first-order valence-corrected chi connectivity index (χ1v) is 4.95. The Morgan fingerprint density at radius 2 is 2.47 bits per heavy atom. The standard InChI is InChI=1S/C10H13N3O2/c1-15-10(14)9-11-5-4-8(13-9)12-6-7-2-3-7/h4-5,7H,2-3,6H2,1H3,(H,11,12,13). The number of rotatable bonds is 4. The molecule has 80 valence electrons. The van der Waals surface area contributed by atoms with E-state index in [9.17, 15) is 4.79 Å². The van der Waals surface area contributed by atoms with Crippen molar-refractivity contribution < 1.29 is 9.53 Å². The van der Waals surface area contributed by atoms with Crippen LogP contribution in [0.15, 0.2) is 12.3 Å². The predicted molar refractivity (Wildman–Crippen MR) is 54.6 cm³/mol. The number of carbonyl (C=O) groups excluding carboxylic acids is 1. The number of anilines is 1. The largest absolute Gasteiger partial charge is 0.463 e. The van der Waals surface area contributed by atoms with Crippen molar-refractivity contribution in [1.82, 2.24) is 9.97 Å². The highest BCUT2D eigenvalue weighted by Gasteiger charge is 2.20. The number of esters is 1. The van der Waals surface area contributed by atoms with Crippen LogP contribution in [0.4, 0.5) is 5.82 Å². The van der Waals surface area contributed by atoms with E-state index in [0.29, 0.717) is 5.82 Å². The summed E-state index contributed by atoms with van der Waals surface area (Å²) < 4.78 is 4.54. The van der Waals surface area contributed by atoms with Gasteiger partial charge in [0.2, 0.25) is 5.82 Å². The van der Waals surface area contributed by atoms with Gasteiger partial charge in [-0.15, -0.1) is 0 Å². The Morgan fingerprint density at radius 1 is 1.67 bits per heavy atom. The van der Waals surface area contributed by atoms with Crippen LogP contribution in [0.1, 0.15) is 23.5 Å². The highest BCUT2D eigenvalue weighted by Crippen LogP contribution is 2.28. The first-order valence-electron chi connectivity index (χ1n) is 4.95. The summed E-state index contributed by atoms with van der Waals surface area (Å²) in [6, 6.07) is 1.74. The molecule has 1 fully saturated rings. The molecule has 0 radical (unpaired) electrons. The predicted octanol–water partition coefficient (Wildman–Crippen LogP) is 1.09. The van der Waals surface area contributed by atoms with E-state index in [1.165, 1.54) is 20.0 Å². The smallest absolute Gasteiger partial charge is 0.376 e. The number of carbonyl (C=O) groups is 1. The molecule has 0 saturated heterocycles. The number of methoxy groups -OCH3 is 1. The maximum Gasteiger partial charge on any atom is 0.376 e. The van der Waals surface area contributed by atoms with Crippen LogP contribution in [0.5, 0.6) is 0 Å². The molecule has 1 aliphatic rings. The Kier molecular flexibility index (Phi) is 2.80. The van der Waals surface area contributed by atoms with Gasteiger partial charge in [0.25, 0.3) is 0 Å². The average molecular weight is 207 g/mol. The highest BCUT2D eigenvalue weighted by atomic mass is 16.5. The van der Waals surface area contributed by atoms with Crippen molar-refractivity contribution in [1.29, 1.82) is 0 Å². The van der Waals surface area contributed by atoms with Crippen LogP contribution in [0, 0.1) is 5.92 Å². The van der Waals surface area contributed by atoms with Crippen LogP contribution >= 0.6 is 0 Å². The normalized spacial score (nSPS) is 14.7. The van der Waals surface area contributed by atoms with Crippen LogP contribution in [-0.4, -0.2) is 29.6 Å². The quantitative estimate of drug-likeness (QED) is 0.748. The summed E-state index contributed by atoms with van der Waals surface area (Å²) in [5.41, 5.74) is 0. The first-order chi connectivity index (χ1) is 7.29. The Hall–Kier alpha value is -1.65. The Bertz CT molecular complexity index is 363. The number of ether oxygens (including phenoxy) is 1. The van der Waals surface area contributed by atoms with Gasteiger partial charge in [-0.05, 0) is 24.8 Å². The van der Waals surface area contributed by atoms with E-state index in [1.54, 1.807) is 12.3 Å². The van der Waals surface area contributed by atoms with Crippen LogP contribution in [-0.2, 0) is 4.74 Å². The Balaban J connectivity index is 2.00. The molecule has 0 atom stereocenters. The maximum atomic E-state index is 11.1. The Morgan fingerprint density at radius 3 is 3.13 bits per heavy atom. The fourth-order valence-corrected chi connectivity index (χ4v) is 1.22. The van der Waals surface area contributed by atoms with Crippen molar-refractivity contribution >= 4 is 11.8 Å². The molecular weight excluding hydrogens is 194 g/mol. The molecule has 0 unspecified atom stereocenters. The van der Waals surface area contributed by atoms with Crippen LogP contribution in [0.25, 0.3) is 0 Å². The average Bonchev–Trinajstić information content (AvgIpc) is 3.09. The van der Waals surface area contributed by atoms with E-state index in [4.69, 9.17) is 0 Å². The van der Waals surface area contributed by atoms with E-state index < -0.39 is 5.97 Å². The zero-order valence-electron chi connectivity index (χ0n) is 8.56. The second kappa shape index (κ2) is 4.25. The minimum atomic E-state index is -0.509. The van der Waals surface area contributed by atoms with E-state index in [1.807, 2.05) is 0 Å². The Labute approximate surface area is 87.9 Å². The fraction of sp³-hybridized carbons (Fsp3) is 0.500. The third-order valence-electron chi connectivity index (χ3n) is 2.29. The van der Waals surface area contributed by atoms with Gasteiger partial charge >= 0.3 is 5.97 Å². The zero-order chi connectivity index (χ0) is 10.7. The molecule has 5 heteroatoms. The second-order valence-electron chi connectivity index (χ2n) is 3.58. The molecule has 1 aliphatic carbocycles. The van der Waals surface area contributed by atoms with Crippen molar-refractivity contribution in [2.24, 2.45) is 5.92 Å². The van der Waals surface area contributed by atoms with Crippen molar-refractivity contribution in [3.63, 3.8) is 0 Å². The van der Waals surface area contributed by atoms with E-state index in [0.717, 1.165) is 12.5 Å². The lowest BCUT2D eigenvalue weighted by Gasteiger charge is -2.04. The number of hydrogen-bond donors (Lipinski definition) is 1. The summed E-state index contributed by atoms with van der Waals surface area (Å²) in [5, 5.41) is 3.17. The summed E-state index contributed by atoms with van der Waals surface area (Å²) in [6.45, 7) is 0.914. The molecule has 5 nitrogen and oxygen atoms in total. The topological polar surface area (TPSA) is 64.1 Å². The minimum absolute atomic E-state index is 0.0956. The van der Waals surface area contributed by atoms with Crippen molar-refractivity contribution in [2.45, 2.75) is 12.8 Å². The molecule has 1 aromatic heterocycles. The molecule has 1 aromatic rings. The second-order valence-corrected chi connectivity index (χ2v) is 3.58. The molecule has 0 spiro atoms. The zero-order valence-corrected chi connectivity index (χ0v) is 8.56. The molecule has 0 aliphatic heterocycles. The van der Waals surface area contributed by atoms with E-state index in [-0.39, 0.29) is 5.82 Å². The number of nitrogens with zero attached hydrogens (tertiary/aromatic N) is 2. The van der Waals surface area contributed by atoms with Crippen LogP contribution in [0.3, 0.4) is 0 Å². The molecule has 1 heterocycles. The summed E-state index contributed by atoms with van der Waals surface area (Å²) >= 11 is 0. The fourth-order valence-electron chi connectivity index (χ4n) is 1.22. The van der Waals surface area contributed by atoms with Gasteiger partial charge in [0.15, 0.2) is 0 Å². The van der Waals surface area contributed by atoms with Crippen molar-refractivity contribution in [3.8, 4) is 0 Å². The summed E-state index contributed by atoms with van der Waals surface area (Å²) in [5.74, 6) is 1.03. The lowest BCUT2D eigenvalue weighted by Crippen LogP contribution is -2.11. The van der Waals surface area contributed by atoms with Crippen LogP contribution in [0.2, 0.25) is 0 Å². The minimum Gasteiger partial charge on any atom is -0.463 e. The maximum absolute atomic E-state index is 11.1. The SMILES string of the molecule is COC(=O)c1nccc(NCC2CC2)n1. The molecule has 15 heavy (non-hydrogen) atoms. The highest BCUT2D eigenvalue weighted by molar-refractivity contribution is 5.85. The van der Waals surface area contributed by atoms with E-state index in [2.05, 4.69) is 20.0 Å². The summed E-state index contributed by atoms with van der Waals surface area (Å²) in [7, 11) is 1.32. The van der Waals surface area contributed by atoms with Gasteiger partial charge in [-0.25, -0.2) is 14.8 Å². The van der Waals surface area contributed by atoms with Gasteiger partial charge in [0, 0.05) is 12.7 Å². The first kappa shape index (κ1) is 9.89. The molecule has 0 amide bonds. The molecule has 0 aromatic carbocycles. The van der Waals surface area contributed by atoms with Crippen molar-refractivity contribution in [2.75, 3.05) is 19.0 Å². The molecule has 1 saturated carbocycles. The van der Waals surface area contributed by atoms with Gasteiger partial charge in [-0.2, -0.15) is 0 Å². The summed E-state index contributed by atoms with van der Waals surface area (Å²) in [4.78, 5) is 19.0. The lowest BCUT2D eigenvalue weighted by atomic mass is 10.4. The van der Waals surface area contributed by atoms with Gasteiger partial charge in [0.05, 0.1) is 7.11 Å². The van der Waals surface area contributed by atoms with Gasteiger partial charge in [-0.3, -0.25) is 0 Å².